The third-order valence-electron chi connectivity index (χ3n) is 2.44. The van der Waals surface area contributed by atoms with Crippen molar-refractivity contribution in [1.82, 2.24) is 0 Å². The molecule has 0 bridgehead atoms. The second-order valence-corrected chi connectivity index (χ2v) is 4.12. The molecule has 0 aromatic heterocycles. The molecular weight excluding hydrogens is 242 g/mol. The van der Waals surface area contributed by atoms with Crippen molar-refractivity contribution < 1.29 is 14.6 Å². The number of methoxy groups -OCH3 is 1. The minimum Gasteiger partial charge on any atom is -0.395 e. The van der Waals surface area contributed by atoms with Gasteiger partial charge in [0.1, 0.15) is 0 Å². The summed E-state index contributed by atoms with van der Waals surface area (Å²) in [5.74, 6) is 5.70. The zero-order chi connectivity index (χ0) is 14.1. The minimum absolute atomic E-state index is 0.0361. The van der Waals surface area contributed by atoms with Crippen LogP contribution >= 0.6 is 0 Å². The minimum atomic E-state index is -0.0994. The molecular formula is C15H19NO3. The summed E-state index contributed by atoms with van der Waals surface area (Å²) in [5.41, 5.74) is 2.51. The van der Waals surface area contributed by atoms with Crippen LogP contribution in [-0.4, -0.2) is 31.3 Å². The van der Waals surface area contributed by atoms with Crippen molar-refractivity contribution in [3.8, 4) is 11.8 Å². The molecule has 1 aromatic rings. The second kappa shape index (κ2) is 8.30. The lowest BCUT2D eigenvalue weighted by Crippen LogP contribution is -2.14. The molecule has 0 unspecified atom stereocenters. The summed E-state index contributed by atoms with van der Waals surface area (Å²) >= 11 is 0. The van der Waals surface area contributed by atoms with Crippen LogP contribution in [0.25, 0.3) is 0 Å². The normalized spacial score (nSPS) is 9.63. The summed E-state index contributed by atoms with van der Waals surface area (Å²) in [5, 5.41) is 11.5. The Hall–Kier alpha value is -1.83. The fourth-order valence-corrected chi connectivity index (χ4v) is 1.49. The molecule has 0 saturated heterocycles. The number of aliphatic hydroxyl groups is 1. The maximum Gasteiger partial charge on any atom is 0.226 e. The molecule has 1 amide bonds. The molecule has 0 fully saturated rings. The maximum atomic E-state index is 11.7. The Morgan fingerprint density at radius 2 is 2.26 bits per heavy atom. The van der Waals surface area contributed by atoms with Gasteiger partial charge in [0, 0.05) is 19.1 Å². The first-order chi connectivity index (χ1) is 9.17. The summed E-state index contributed by atoms with van der Waals surface area (Å²) in [6.45, 7) is 2.38. The number of benzene rings is 1. The van der Waals surface area contributed by atoms with Crippen LogP contribution in [0.3, 0.4) is 0 Å². The van der Waals surface area contributed by atoms with E-state index in [1.807, 2.05) is 25.1 Å². The molecule has 0 heterocycles. The molecule has 2 N–H and O–H groups in total. The van der Waals surface area contributed by atoms with Crippen LogP contribution in [-0.2, 0) is 9.53 Å². The van der Waals surface area contributed by atoms with Gasteiger partial charge in [-0.15, -0.1) is 0 Å². The standard InChI is InChI=1S/C15H19NO3/c1-12-6-7-13(5-3-4-9-17)14(11-12)16-15(18)8-10-19-2/h6-7,11,17H,4,8-10H2,1-2H3,(H,16,18). The average molecular weight is 261 g/mol. The van der Waals surface area contributed by atoms with E-state index in [-0.39, 0.29) is 12.5 Å². The lowest BCUT2D eigenvalue weighted by molar-refractivity contribution is -0.117. The molecule has 1 rings (SSSR count). The fraction of sp³-hybridized carbons (Fsp3) is 0.400. The van der Waals surface area contributed by atoms with Gasteiger partial charge in [0.25, 0.3) is 0 Å². The van der Waals surface area contributed by atoms with E-state index in [0.29, 0.717) is 25.1 Å². The van der Waals surface area contributed by atoms with E-state index < -0.39 is 0 Å². The van der Waals surface area contributed by atoms with E-state index in [1.54, 1.807) is 7.11 Å². The van der Waals surface area contributed by atoms with Crippen LogP contribution in [0, 0.1) is 18.8 Å². The van der Waals surface area contributed by atoms with E-state index in [4.69, 9.17) is 9.84 Å². The highest BCUT2D eigenvalue weighted by atomic mass is 16.5. The van der Waals surface area contributed by atoms with E-state index in [0.717, 1.165) is 11.1 Å². The van der Waals surface area contributed by atoms with Crippen molar-refractivity contribution in [2.45, 2.75) is 19.8 Å². The van der Waals surface area contributed by atoms with Gasteiger partial charge < -0.3 is 15.2 Å². The Labute approximate surface area is 113 Å². The molecule has 4 heteroatoms. The quantitative estimate of drug-likeness (QED) is 0.793. The zero-order valence-corrected chi connectivity index (χ0v) is 11.3. The smallest absolute Gasteiger partial charge is 0.226 e. The molecule has 0 saturated carbocycles. The highest BCUT2D eigenvalue weighted by Crippen LogP contribution is 2.17. The van der Waals surface area contributed by atoms with E-state index >= 15 is 0 Å². The van der Waals surface area contributed by atoms with Gasteiger partial charge in [-0.1, -0.05) is 17.9 Å². The van der Waals surface area contributed by atoms with Gasteiger partial charge >= 0.3 is 0 Å². The van der Waals surface area contributed by atoms with Gasteiger partial charge in [-0.3, -0.25) is 4.79 Å². The molecule has 4 nitrogen and oxygen atoms in total. The largest absolute Gasteiger partial charge is 0.395 e. The van der Waals surface area contributed by atoms with E-state index in [1.165, 1.54) is 0 Å². The molecule has 0 aliphatic heterocycles. The van der Waals surface area contributed by atoms with Gasteiger partial charge in [-0.25, -0.2) is 0 Å². The molecule has 19 heavy (non-hydrogen) atoms. The first-order valence-corrected chi connectivity index (χ1v) is 6.16. The van der Waals surface area contributed by atoms with Crippen LogP contribution in [0.15, 0.2) is 18.2 Å². The summed E-state index contributed by atoms with van der Waals surface area (Å²) in [6, 6.07) is 5.69. The predicted octanol–water partition coefficient (Wildman–Crippen LogP) is 1.70. The van der Waals surface area contributed by atoms with Crippen molar-refractivity contribution >= 4 is 11.6 Å². The third kappa shape index (κ3) is 5.56. The lowest BCUT2D eigenvalue weighted by atomic mass is 10.1. The predicted molar refractivity (Wildman–Crippen MR) is 74.9 cm³/mol. The number of carbonyl (C=O) groups excluding carboxylic acids is 1. The van der Waals surface area contributed by atoms with Gasteiger partial charge in [-0.2, -0.15) is 0 Å². The number of hydrogen-bond donors (Lipinski definition) is 2. The first-order valence-electron chi connectivity index (χ1n) is 6.16. The van der Waals surface area contributed by atoms with Crippen LogP contribution in [0.2, 0.25) is 0 Å². The van der Waals surface area contributed by atoms with Crippen molar-refractivity contribution in [2.75, 3.05) is 25.6 Å². The van der Waals surface area contributed by atoms with Crippen LogP contribution in [0.1, 0.15) is 24.0 Å². The first kappa shape index (κ1) is 15.2. The van der Waals surface area contributed by atoms with E-state index in [9.17, 15) is 4.79 Å². The average Bonchev–Trinajstić information content (AvgIpc) is 2.39. The Morgan fingerprint density at radius 3 is 2.95 bits per heavy atom. The Balaban J connectivity index is 2.83. The number of nitrogens with one attached hydrogen (secondary N) is 1. The highest BCUT2D eigenvalue weighted by Gasteiger charge is 2.05. The molecule has 0 spiro atoms. The van der Waals surface area contributed by atoms with Gasteiger partial charge in [0.05, 0.1) is 25.3 Å². The number of aryl methyl sites for hydroxylation is 1. The van der Waals surface area contributed by atoms with E-state index in [2.05, 4.69) is 17.2 Å². The Morgan fingerprint density at radius 1 is 1.47 bits per heavy atom. The van der Waals surface area contributed by atoms with Gasteiger partial charge in [-0.05, 0) is 24.6 Å². The van der Waals surface area contributed by atoms with Crippen LogP contribution < -0.4 is 5.32 Å². The molecule has 0 aliphatic rings. The topological polar surface area (TPSA) is 58.6 Å². The number of aliphatic hydroxyl groups excluding tert-OH is 1. The molecule has 1 aromatic carbocycles. The van der Waals surface area contributed by atoms with Crippen LogP contribution in [0.5, 0.6) is 0 Å². The highest BCUT2D eigenvalue weighted by molar-refractivity contribution is 5.92. The zero-order valence-electron chi connectivity index (χ0n) is 11.3. The second-order valence-electron chi connectivity index (χ2n) is 4.12. The van der Waals surface area contributed by atoms with Crippen molar-refractivity contribution in [3.05, 3.63) is 29.3 Å². The molecule has 102 valence electrons. The fourth-order valence-electron chi connectivity index (χ4n) is 1.49. The molecule has 0 radical (unpaired) electrons. The SMILES string of the molecule is COCCC(=O)Nc1cc(C)ccc1C#CCCO. The number of rotatable bonds is 5. The number of amides is 1. The lowest BCUT2D eigenvalue weighted by Gasteiger charge is -2.08. The van der Waals surface area contributed by atoms with Crippen molar-refractivity contribution in [2.24, 2.45) is 0 Å². The Bertz CT molecular complexity index is 486. The van der Waals surface area contributed by atoms with Gasteiger partial charge in [0.2, 0.25) is 5.91 Å². The number of hydrogen-bond acceptors (Lipinski definition) is 3. The number of anilines is 1. The number of ether oxygens (including phenoxy) is 1. The van der Waals surface area contributed by atoms with Gasteiger partial charge in [0.15, 0.2) is 0 Å². The molecule has 0 atom stereocenters. The molecule has 0 aliphatic carbocycles. The Kier molecular flexibility index (Phi) is 6.65. The summed E-state index contributed by atoms with van der Waals surface area (Å²) in [7, 11) is 1.56. The summed E-state index contributed by atoms with van der Waals surface area (Å²) in [6.07, 6.45) is 0.735. The summed E-state index contributed by atoms with van der Waals surface area (Å²) < 4.78 is 4.87. The number of carbonyl (C=O) groups is 1. The van der Waals surface area contributed by atoms with Crippen molar-refractivity contribution in [3.63, 3.8) is 0 Å². The third-order valence-corrected chi connectivity index (χ3v) is 2.44. The van der Waals surface area contributed by atoms with Crippen molar-refractivity contribution in [1.29, 1.82) is 0 Å². The monoisotopic (exact) mass is 261 g/mol. The summed E-state index contributed by atoms with van der Waals surface area (Å²) in [4.78, 5) is 11.7. The van der Waals surface area contributed by atoms with Crippen LogP contribution in [0.4, 0.5) is 5.69 Å². The maximum absolute atomic E-state index is 11.7.